The lowest BCUT2D eigenvalue weighted by molar-refractivity contribution is -0.139. The smallest absolute Gasteiger partial charge is 0.316 e. The highest BCUT2D eigenvalue weighted by atomic mass is 35.5. The monoisotopic (exact) mass is 465 g/mol. The molecule has 0 fully saturated rings. The number of thioether (sulfide) groups is 1. The molecule has 4 rings (SSSR count). The molecule has 1 heterocycles. The van der Waals surface area contributed by atoms with Crippen LogP contribution >= 0.6 is 23.4 Å². The van der Waals surface area contributed by atoms with Gasteiger partial charge < -0.3 is 9.30 Å². The minimum Gasteiger partial charge on any atom is -0.457 e. The van der Waals surface area contributed by atoms with Crippen LogP contribution in [0.3, 0.4) is 0 Å². The molecule has 6 nitrogen and oxygen atoms in total. The number of aromatic nitrogens is 3. The summed E-state index contributed by atoms with van der Waals surface area (Å²) >= 11 is 7.18. The highest BCUT2D eigenvalue weighted by Gasteiger charge is 2.16. The Morgan fingerprint density at radius 1 is 1.00 bits per heavy atom. The van der Waals surface area contributed by atoms with Crippen LogP contribution in [0.5, 0.6) is 0 Å². The van der Waals surface area contributed by atoms with E-state index in [-0.39, 0.29) is 18.1 Å². The number of fused-ring (bicyclic) bond motifs is 1. The number of halogens is 1. The lowest BCUT2D eigenvalue weighted by atomic mass is 10.0. The van der Waals surface area contributed by atoms with Gasteiger partial charge in [-0.15, -0.1) is 10.2 Å². The van der Waals surface area contributed by atoms with Crippen molar-refractivity contribution >= 4 is 45.9 Å². The van der Waals surface area contributed by atoms with Crippen LogP contribution < -0.4 is 0 Å². The van der Waals surface area contributed by atoms with E-state index in [4.69, 9.17) is 16.3 Å². The molecule has 0 atom stereocenters. The van der Waals surface area contributed by atoms with Crippen molar-refractivity contribution in [2.45, 2.75) is 18.6 Å². The van der Waals surface area contributed by atoms with Gasteiger partial charge in [-0.2, -0.15) is 0 Å². The van der Waals surface area contributed by atoms with Crippen LogP contribution in [0.1, 0.15) is 17.3 Å². The van der Waals surface area contributed by atoms with Crippen molar-refractivity contribution in [3.05, 3.63) is 77.3 Å². The number of rotatable bonds is 8. The predicted octanol–water partition coefficient (Wildman–Crippen LogP) is 5.29. The lowest BCUT2D eigenvalue weighted by Crippen LogP contribution is -2.16. The van der Waals surface area contributed by atoms with Gasteiger partial charge in [0.25, 0.3) is 0 Å². The Labute approximate surface area is 194 Å². The fourth-order valence-electron chi connectivity index (χ4n) is 3.25. The van der Waals surface area contributed by atoms with E-state index in [1.165, 1.54) is 11.8 Å². The fourth-order valence-corrected chi connectivity index (χ4v) is 4.18. The molecule has 32 heavy (non-hydrogen) atoms. The molecule has 0 saturated carbocycles. The van der Waals surface area contributed by atoms with E-state index in [0.717, 1.165) is 16.3 Å². The molecular formula is C24H20ClN3O3S. The number of hydrogen-bond acceptors (Lipinski definition) is 6. The van der Waals surface area contributed by atoms with Crippen molar-refractivity contribution in [3.63, 3.8) is 0 Å². The van der Waals surface area contributed by atoms with Crippen LogP contribution in [0.15, 0.2) is 71.9 Å². The molecule has 0 N–H and O–H groups in total. The van der Waals surface area contributed by atoms with Gasteiger partial charge in [0.2, 0.25) is 0 Å². The van der Waals surface area contributed by atoms with Crippen molar-refractivity contribution in [2.24, 2.45) is 0 Å². The van der Waals surface area contributed by atoms with Gasteiger partial charge in [0, 0.05) is 22.7 Å². The third-order valence-electron chi connectivity index (χ3n) is 4.89. The number of Topliss-reactive ketones (excluding diaryl/α,β-unsaturated/α-hetero) is 1. The SMILES string of the molecule is CCn1c(SCC(=O)OCC(=O)c2ccc3ccccc3c2)nnc1-c1ccc(Cl)cc1. The molecule has 0 saturated heterocycles. The summed E-state index contributed by atoms with van der Waals surface area (Å²) in [6.07, 6.45) is 0. The molecule has 0 radical (unpaired) electrons. The molecule has 0 aliphatic rings. The molecule has 0 bridgehead atoms. The predicted molar refractivity (Wildman–Crippen MR) is 126 cm³/mol. The summed E-state index contributed by atoms with van der Waals surface area (Å²) in [5.41, 5.74) is 1.40. The van der Waals surface area contributed by atoms with Crippen LogP contribution in [0.2, 0.25) is 5.02 Å². The van der Waals surface area contributed by atoms with E-state index in [1.807, 2.05) is 60.0 Å². The van der Waals surface area contributed by atoms with Crippen LogP contribution in [0.25, 0.3) is 22.2 Å². The standard InChI is InChI=1S/C24H20ClN3O3S/c1-2-28-23(17-9-11-20(25)12-10-17)26-27-24(28)32-15-22(30)31-14-21(29)19-8-7-16-5-3-4-6-18(16)13-19/h3-13H,2,14-15H2,1H3. The van der Waals surface area contributed by atoms with Gasteiger partial charge in [0.05, 0.1) is 5.75 Å². The minimum atomic E-state index is -0.483. The molecule has 0 spiro atoms. The van der Waals surface area contributed by atoms with Gasteiger partial charge >= 0.3 is 5.97 Å². The van der Waals surface area contributed by atoms with E-state index < -0.39 is 5.97 Å². The number of ether oxygens (including phenoxy) is 1. The summed E-state index contributed by atoms with van der Waals surface area (Å²) in [6, 6.07) is 20.6. The number of hydrogen-bond donors (Lipinski definition) is 0. The summed E-state index contributed by atoms with van der Waals surface area (Å²) in [5, 5.41) is 11.7. The van der Waals surface area contributed by atoms with E-state index in [9.17, 15) is 9.59 Å². The second-order valence-corrected chi connectivity index (χ2v) is 8.37. The molecule has 3 aromatic carbocycles. The number of carbonyl (C=O) groups is 2. The highest BCUT2D eigenvalue weighted by Crippen LogP contribution is 2.25. The van der Waals surface area contributed by atoms with Gasteiger partial charge in [-0.25, -0.2) is 0 Å². The zero-order chi connectivity index (χ0) is 22.5. The first-order chi connectivity index (χ1) is 15.5. The number of nitrogens with zero attached hydrogens (tertiary/aromatic N) is 3. The summed E-state index contributed by atoms with van der Waals surface area (Å²) in [5.74, 6) is 0.00854. The number of benzene rings is 3. The van der Waals surface area contributed by atoms with Gasteiger partial charge in [-0.3, -0.25) is 9.59 Å². The maximum Gasteiger partial charge on any atom is 0.316 e. The molecule has 1 aromatic heterocycles. The first kappa shape index (κ1) is 22.0. The Hall–Kier alpha value is -3.16. The van der Waals surface area contributed by atoms with Gasteiger partial charge in [0.1, 0.15) is 0 Å². The van der Waals surface area contributed by atoms with Gasteiger partial charge in [-0.1, -0.05) is 59.8 Å². The topological polar surface area (TPSA) is 74.1 Å². The van der Waals surface area contributed by atoms with Gasteiger partial charge in [-0.05, 0) is 48.0 Å². The number of carbonyl (C=O) groups excluding carboxylic acids is 2. The number of esters is 1. The maximum atomic E-state index is 12.4. The summed E-state index contributed by atoms with van der Waals surface area (Å²) in [6.45, 7) is 2.32. The third kappa shape index (κ3) is 5.00. The molecule has 0 amide bonds. The number of ketones is 1. The van der Waals surface area contributed by atoms with Crippen molar-refractivity contribution in [2.75, 3.05) is 12.4 Å². The first-order valence-corrected chi connectivity index (χ1v) is 11.4. The van der Waals surface area contributed by atoms with Crippen molar-refractivity contribution in [1.29, 1.82) is 0 Å². The van der Waals surface area contributed by atoms with Crippen molar-refractivity contribution in [3.8, 4) is 11.4 Å². The molecule has 4 aromatic rings. The Morgan fingerprint density at radius 3 is 2.50 bits per heavy atom. The fraction of sp³-hybridized carbons (Fsp3) is 0.167. The zero-order valence-corrected chi connectivity index (χ0v) is 18.9. The van der Waals surface area contributed by atoms with E-state index >= 15 is 0 Å². The van der Waals surface area contributed by atoms with E-state index in [1.54, 1.807) is 18.2 Å². The second-order valence-electron chi connectivity index (χ2n) is 6.99. The summed E-state index contributed by atoms with van der Waals surface area (Å²) < 4.78 is 7.11. The molecule has 162 valence electrons. The Bertz CT molecular complexity index is 1270. The third-order valence-corrected chi connectivity index (χ3v) is 6.08. The first-order valence-electron chi connectivity index (χ1n) is 10.0. The average Bonchev–Trinajstić information content (AvgIpc) is 3.24. The van der Waals surface area contributed by atoms with Gasteiger partial charge in [0.15, 0.2) is 23.4 Å². The quantitative estimate of drug-likeness (QED) is 0.200. The van der Waals surface area contributed by atoms with Crippen molar-refractivity contribution in [1.82, 2.24) is 14.8 Å². The van der Waals surface area contributed by atoms with Crippen LogP contribution in [-0.2, 0) is 16.1 Å². The Morgan fingerprint density at radius 2 is 1.75 bits per heavy atom. The largest absolute Gasteiger partial charge is 0.457 e. The van der Waals surface area contributed by atoms with Crippen LogP contribution in [0, 0.1) is 0 Å². The average molecular weight is 466 g/mol. The Balaban J connectivity index is 1.34. The van der Waals surface area contributed by atoms with E-state index in [2.05, 4.69) is 10.2 Å². The highest BCUT2D eigenvalue weighted by molar-refractivity contribution is 7.99. The summed E-state index contributed by atoms with van der Waals surface area (Å²) in [7, 11) is 0. The zero-order valence-electron chi connectivity index (χ0n) is 17.3. The molecule has 0 aliphatic carbocycles. The molecule has 0 aliphatic heterocycles. The van der Waals surface area contributed by atoms with Crippen LogP contribution in [-0.4, -0.2) is 38.9 Å². The molecule has 0 unspecified atom stereocenters. The Kier molecular flexibility index (Phi) is 6.87. The minimum absolute atomic E-state index is 0.0315. The summed E-state index contributed by atoms with van der Waals surface area (Å²) in [4.78, 5) is 24.6. The van der Waals surface area contributed by atoms with Crippen LogP contribution in [0.4, 0.5) is 0 Å². The molecule has 8 heteroatoms. The second kappa shape index (κ2) is 9.97. The molecular weight excluding hydrogens is 446 g/mol. The maximum absolute atomic E-state index is 12.4. The normalized spacial score (nSPS) is 10.9. The lowest BCUT2D eigenvalue weighted by Gasteiger charge is -2.08. The van der Waals surface area contributed by atoms with E-state index in [0.29, 0.717) is 28.1 Å². The van der Waals surface area contributed by atoms with Crippen molar-refractivity contribution < 1.29 is 14.3 Å².